The van der Waals surface area contributed by atoms with Gasteiger partial charge in [0.2, 0.25) is 0 Å². The molecule has 0 fully saturated rings. The van der Waals surface area contributed by atoms with Crippen LogP contribution in [0.4, 0.5) is 5.82 Å². The van der Waals surface area contributed by atoms with Gasteiger partial charge >= 0.3 is 0 Å². The second-order valence-electron chi connectivity index (χ2n) is 4.02. The monoisotopic (exact) mass is 338 g/mol. The van der Waals surface area contributed by atoms with Crippen LogP contribution in [0.2, 0.25) is 0 Å². The third-order valence-electron chi connectivity index (χ3n) is 2.78. The van der Waals surface area contributed by atoms with E-state index in [1.165, 1.54) is 0 Å². The van der Waals surface area contributed by atoms with E-state index < -0.39 is 0 Å². The average molecular weight is 339 g/mol. The minimum atomic E-state index is -0.214. The molecule has 0 bridgehead atoms. The van der Waals surface area contributed by atoms with Crippen molar-refractivity contribution in [2.24, 2.45) is 0 Å². The number of nitrogens with one attached hydrogen (secondary N) is 2. The maximum absolute atomic E-state index is 12.2. The molecule has 0 saturated heterocycles. The fourth-order valence-electron chi connectivity index (χ4n) is 1.75. The van der Waals surface area contributed by atoms with Crippen LogP contribution in [-0.4, -0.2) is 32.7 Å². The van der Waals surface area contributed by atoms with E-state index in [4.69, 9.17) is 0 Å². The Morgan fingerprint density at radius 3 is 3.00 bits per heavy atom. The van der Waals surface area contributed by atoms with Crippen molar-refractivity contribution >= 4 is 27.7 Å². The number of halogens is 1. The van der Waals surface area contributed by atoms with E-state index in [1.807, 2.05) is 11.5 Å². The summed E-state index contributed by atoms with van der Waals surface area (Å²) in [5, 5.41) is 13.5. The summed E-state index contributed by atoms with van der Waals surface area (Å²) in [5.74, 6) is 1.03. The topological polar surface area (TPSA) is 84.7 Å². The minimum Gasteiger partial charge on any atom is -0.372 e. The Kier molecular flexibility index (Phi) is 4.67. The van der Waals surface area contributed by atoms with E-state index in [1.54, 1.807) is 25.6 Å². The third kappa shape index (κ3) is 3.13. The summed E-state index contributed by atoms with van der Waals surface area (Å²) in [6.07, 6.45) is 3.28. The van der Waals surface area contributed by atoms with Gasteiger partial charge in [0.1, 0.15) is 12.1 Å². The fourth-order valence-corrected chi connectivity index (χ4v) is 2.08. The number of hydrogen-bond acceptors (Lipinski definition) is 5. The van der Waals surface area contributed by atoms with Gasteiger partial charge < -0.3 is 15.2 Å². The molecule has 0 unspecified atom stereocenters. The standard InChI is InChI=1S/C12H15BrN6O/c1-3-19-7-17-18-10(19)6-16-12(20)9-4-8(13)5-15-11(9)14-2/h4-5,7H,3,6H2,1-2H3,(H,14,15)(H,16,20). The van der Waals surface area contributed by atoms with Crippen LogP contribution in [0.3, 0.4) is 0 Å². The van der Waals surface area contributed by atoms with Crippen molar-refractivity contribution in [3.8, 4) is 0 Å². The van der Waals surface area contributed by atoms with Crippen LogP contribution in [0, 0.1) is 0 Å². The molecule has 0 saturated carbocycles. The number of pyridine rings is 1. The average Bonchev–Trinajstić information content (AvgIpc) is 2.92. The lowest BCUT2D eigenvalue weighted by molar-refractivity contribution is 0.0950. The molecule has 8 heteroatoms. The summed E-state index contributed by atoms with van der Waals surface area (Å²) in [6, 6.07) is 1.72. The molecule has 20 heavy (non-hydrogen) atoms. The van der Waals surface area contributed by atoms with Crippen LogP contribution >= 0.6 is 15.9 Å². The zero-order chi connectivity index (χ0) is 14.5. The number of hydrogen-bond donors (Lipinski definition) is 2. The second-order valence-corrected chi connectivity index (χ2v) is 4.93. The summed E-state index contributed by atoms with van der Waals surface area (Å²) in [4.78, 5) is 16.3. The Morgan fingerprint density at radius 1 is 1.50 bits per heavy atom. The molecule has 0 aliphatic carbocycles. The predicted octanol–water partition coefficient (Wildman–Crippen LogP) is 1.43. The van der Waals surface area contributed by atoms with Gasteiger partial charge in [0.15, 0.2) is 5.82 Å². The van der Waals surface area contributed by atoms with Crippen molar-refractivity contribution < 1.29 is 4.79 Å². The number of amides is 1. The second kappa shape index (κ2) is 6.47. The smallest absolute Gasteiger partial charge is 0.255 e. The lowest BCUT2D eigenvalue weighted by Crippen LogP contribution is -2.25. The van der Waals surface area contributed by atoms with E-state index in [0.29, 0.717) is 17.9 Å². The summed E-state index contributed by atoms with van der Waals surface area (Å²) < 4.78 is 2.62. The molecule has 1 amide bonds. The molecule has 0 spiro atoms. The van der Waals surface area contributed by atoms with Crippen LogP contribution < -0.4 is 10.6 Å². The number of nitrogens with zero attached hydrogens (tertiary/aromatic N) is 4. The van der Waals surface area contributed by atoms with Crippen LogP contribution in [0.25, 0.3) is 0 Å². The zero-order valence-electron chi connectivity index (χ0n) is 11.2. The Labute approximate surface area is 124 Å². The predicted molar refractivity (Wildman–Crippen MR) is 78.3 cm³/mol. The number of anilines is 1. The molecule has 2 aromatic rings. The van der Waals surface area contributed by atoms with Gasteiger partial charge in [-0.05, 0) is 28.9 Å². The molecule has 0 aliphatic heterocycles. The summed E-state index contributed by atoms with van der Waals surface area (Å²) in [5.41, 5.74) is 0.476. The van der Waals surface area contributed by atoms with Crippen molar-refractivity contribution in [2.45, 2.75) is 20.0 Å². The summed E-state index contributed by atoms with van der Waals surface area (Å²) in [7, 11) is 1.72. The van der Waals surface area contributed by atoms with Crippen molar-refractivity contribution in [1.82, 2.24) is 25.1 Å². The Morgan fingerprint density at radius 2 is 2.30 bits per heavy atom. The van der Waals surface area contributed by atoms with Gasteiger partial charge in [-0.2, -0.15) is 0 Å². The van der Waals surface area contributed by atoms with E-state index in [0.717, 1.165) is 16.8 Å². The molecule has 0 atom stereocenters. The third-order valence-corrected chi connectivity index (χ3v) is 3.21. The van der Waals surface area contributed by atoms with Gasteiger partial charge in [0, 0.05) is 24.3 Å². The lowest BCUT2D eigenvalue weighted by Gasteiger charge is -2.09. The SMILES string of the molecule is CCn1cnnc1CNC(=O)c1cc(Br)cnc1NC. The molecule has 0 radical (unpaired) electrons. The lowest BCUT2D eigenvalue weighted by atomic mass is 10.2. The molecule has 2 heterocycles. The van der Waals surface area contributed by atoms with E-state index in [-0.39, 0.29) is 5.91 Å². The van der Waals surface area contributed by atoms with Crippen LogP contribution in [0.1, 0.15) is 23.1 Å². The van der Waals surface area contributed by atoms with E-state index >= 15 is 0 Å². The first kappa shape index (κ1) is 14.4. The Bertz CT molecular complexity index is 612. The van der Waals surface area contributed by atoms with Gasteiger partial charge in [-0.15, -0.1) is 10.2 Å². The fraction of sp³-hybridized carbons (Fsp3) is 0.333. The van der Waals surface area contributed by atoms with Crippen LogP contribution in [0.5, 0.6) is 0 Å². The highest BCUT2D eigenvalue weighted by Crippen LogP contribution is 2.17. The van der Waals surface area contributed by atoms with Crippen LogP contribution in [-0.2, 0) is 13.1 Å². The Balaban J connectivity index is 2.11. The van der Waals surface area contributed by atoms with Crippen molar-refractivity contribution in [3.05, 3.63) is 34.5 Å². The van der Waals surface area contributed by atoms with Crippen molar-refractivity contribution in [1.29, 1.82) is 0 Å². The van der Waals surface area contributed by atoms with Gasteiger partial charge in [0.25, 0.3) is 5.91 Å². The van der Waals surface area contributed by atoms with Gasteiger partial charge in [-0.25, -0.2) is 4.98 Å². The number of carbonyl (C=O) groups is 1. The van der Waals surface area contributed by atoms with Crippen molar-refractivity contribution in [2.75, 3.05) is 12.4 Å². The maximum Gasteiger partial charge on any atom is 0.255 e. The maximum atomic E-state index is 12.2. The normalized spacial score (nSPS) is 10.3. The number of carbonyl (C=O) groups excluding carboxylic acids is 1. The molecule has 0 aliphatic rings. The molecular weight excluding hydrogens is 324 g/mol. The molecule has 2 N–H and O–H groups in total. The molecular formula is C12H15BrN6O. The van der Waals surface area contributed by atoms with Gasteiger partial charge in [0.05, 0.1) is 12.1 Å². The largest absolute Gasteiger partial charge is 0.372 e. The number of rotatable bonds is 5. The quantitative estimate of drug-likeness (QED) is 0.861. The van der Waals surface area contributed by atoms with Crippen molar-refractivity contribution in [3.63, 3.8) is 0 Å². The highest BCUT2D eigenvalue weighted by Gasteiger charge is 2.13. The number of aromatic nitrogens is 4. The van der Waals surface area contributed by atoms with Gasteiger partial charge in [-0.3, -0.25) is 4.79 Å². The summed E-state index contributed by atoms with van der Waals surface area (Å²) in [6.45, 7) is 3.08. The van der Waals surface area contributed by atoms with Gasteiger partial charge in [-0.1, -0.05) is 0 Å². The highest BCUT2D eigenvalue weighted by atomic mass is 79.9. The first-order valence-corrected chi connectivity index (χ1v) is 6.93. The van der Waals surface area contributed by atoms with Crippen LogP contribution in [0.15, 0.2) is 23.1 Å². The highest BCUT2D eigenvalue weighted by molar-refractivity contribution is 9.10. The molecule has 0 aromatic carbocycles. The Hall–Kier alpha value is -1.96. The first-order chi connectivity index (χ1) is 9.65. The summed E-state index contributed by atoms with van der Waals surface area (Å²) >= 11 is 3.31. The van der Waals surface area contributed by atoms with E-state index in [2.05, 4.69) is 41.7 Å². The molecule has 106 valence electrons. The molecule has 7 nitrogen and oxygen atoms in total. The first-order valence-electron chi connectivity index (χ1n) is 6.13. The minimum absolute atomic E-state index is 0.214. The van der Waals surface area contributed by atoms with E-state index in [9.17, 15) is 4.79 Å². The zero-order valence-corrected chi connectivity index (χ0v) is 12.8. The molecule has 2 aromatic heterocycles. The molecule has 2 rings (SSSR count). The number of aryl methyl sites for hydroxylation is 1.